The zero-order valence-corrected chi connectivity index (χ0v) is 8.35. The number of aryl methyl sites for hydroxylation is 1. The Morgan fingerprint density at radius 1 is 1.46 bits per heavy atom. The van der Waals surface area contributed by atoms with Gasteiger partial charge in [0.25, 0.3) is 0 Å². The van der Waals surface area contributed by atoms with Crippen LogP contribution < -0.4 is 5.73 Å². The molecule has 1 aromatic rings. The predicted octanol–water partition coefficient (Wildman–Crippen LogP) is 0.770. The van der Waals surface area contributed by atoms with E-state index in [-0.39, 0.29) is 0 Å². The van der Waals surface area contributed by atoms with Gasteiger partial charge in [-0.15, -0.1) is 0 Å². The van der Waals surface area contributed by atoms with Gasteiger partial charge in [-0.25, -0.2) is 0 Å². The van der Waals surface area contributed by atoms with Gasteiger partial charge < -0.3 is 10.7 Å². The molecule has 1 aliphatic rings. The highest BCUT2D eigenvalue weighted by molar-refractivity contribution is 5.39. The van der Waals surface area contributed by atoms with Crippen molar-refractivity contribution >= 4 is 0 Å². The van der Waals surface area contributed by atoms with Gasteiger partial charge in [-0.3, -0.25) is 4.90 Å². The SMILES string of the molecule is Cc1[nH]c2c(c1CCN)CN(C)C2. The molecule has 0 aliphatic carbocycles. The average Bonchev–Trinajstić information content (AvgIpc) is 2.52. The summed E-state index contributed by atoms with van der Waals surface area (Å²) in [5.74, 6) is 0. The molecule has 3 N–H and O–H groups in total. The van der Waals surface area contributed by atoms with Crippen LogP contribution in [-0.4, -0.2) is 23.5 Å². The highest BCUT2D eigenvalue weighted by Gasteiger charge is 2.21. The van der Waals surface area contributed by atoms with Gasteiger partial charge in [-0.1, -0.05) is 0 Å². The van der Waals surface area contributed by atoms with E-state index in [1.54, 1.807) is 0 Å². The van der Waals surface area contributed by atoms with E-state index in [0.29, 0.717) is 0 Å². The van der Waals surface area contributed by atoms with Crippen LogP contribution in [0.15, 0.2) is 0 Å². The van der Waals surface area contributed by atoms with E-state index in [1.165, 1.54) is 22.5 Å². The van der Waals surface area contributed by atoms with Crippen molar-refractivity contribution in [1.82, 2.24) is 9.88 Å². The van der Waals surface area contributed by atoms with Crippen molar-refractivity contribution in [2.24, 2.45) is 5.73 Å². The molecule has 1 aromatic heterocycles. The molecule has 0 fully saturated rings. The lowest BCUT2D eigenvalue weighted by molar-refractivity contribution is 0.349. The lowest BCUT2D eigenvalue weighted by atomic mass is 10.1. The molecule has 0 radical (unpaired) electrons. The molecule has 1 aliphatic heterocycles. The second kappa shape index (κ2) is 3.16. The van der Waals surface area contributed by atoms with Gasteiger partial charge in [0.15, 0.2) is 0 Å². The Bertz CT molecular complexity index is 314. The predicted molar refractivity (Wildman–Crippen MR) is 53.5 cm³/mol. The number of nitrogens with two attached hydrogens (primary N) is 1. The molecule has 0 saturated carbocycles. The highest BCUT2D eigenvalue weighted by Crippen LogP contribution is 2.26. The smallest absolute Gasteiger partial charge is 0.0389 e. The minimum Gasteiger partial charge on any atom is -0.361 e. The summed E-state index contributed by atoms with van der Waals surface area (Å²) in [6.07, 6.45) is 1.01. The van der Waals surface area contributed by atoms with Crippen LogP contribution in [0.2, 0.25) is 0 Å². The summed E-state index contributed by atoms with van der Waals surface area (Å²) in [4.78, 5) is 5.76. The first kappa shape index (κ1) is 8.78. The third-order valence-corrected chi connectivity index (χ3v) is 2.77. The van der Waals surface area contributed by atoms with Crippen molar-refractivity contribution in [3.63, 3.8) is 0 Å². The Hall–Kier alpha value is -0.800. The van der Waals surface area contributed by atoms with Crippen LogP contribution in [0.1, 0.15) is 22.5 Å². The molecule has 2 rings (SSSR count). The molecule has 2 heterocycles. The monoisotopic (exact) mass is 179 g/mol. The van der Waals surface area contributed by atoms with Gasteiger partial charge in [0.1, 0.15) is 0 Å². The fourth-order valence-corrected chi connectivity index (χ4v) is 2.19. The van der Waals surface area contributed by atoms with Crippen LogP contribution >= 0.6 is 0 Å². The van der Waals surface area contributed by atoms with Crippen molar-refractivity contribution in [3.8, 4) is 0 Å². The van der Waals surface area contributed by atoms with Gasteiger partial charge in [-0.05, 0) is 38.1 Å². The lowest BCUT2D eigenvalue weighted by Crippen LogP contribution is -2.11. The lowest BCUT2D eigenvalue weighted by Gasteiger charge is -2.07. The summed E-state index contributed by atoms with van der Waals surface area (Å²) in [5.41, 5.74) is 11.2. The topological polar surface area (TPSA) is 45.1 Å². The van der Waals surface area contributed by atoms with E-state index in [9.17, 15) is 0 Å². The Kier molecular flexibility index (Phi) is 2.14. The van der Waals surface area contributed by atoms with Crippen molar-refractivity contribution in [2.75, 3.05) is 13.6 Å². The standard InChI is InChI=1S/C10H17N3/c1-7-8(3-4-11)9-5-13(2)6-10(9)12-7/h12H,3-6,11H2,1-2H3. The normalized spacial score (nSPS) is 16.5. The van der Waals surface area contributed by atoms with E-state index in [1.807, 2.05) is 0 Å². The number of fused-ring (bicyclic) bond motifs is 1. The molecular formula is C10H17N3. The first-order chi connectivity index (χ1) is 6.22. The summed E-state index contributed by atoms with van der Waals surface area (Å²) in [7, 11) is 2.15. The second-order valence-electron chi connectivity index (χ2n) is 3.90. The number of hydrogen-bond donors (Lipinski definition) is 2. The number of hydrogen-bond acceptors (Lipinski definition) is 2. The summed E-state index contributed by atoms with van der Waals surface area (Å²) < 4.78 is 0. The van der Waals surface area contributed by atoms with Crippen molar-refractivity contribution in [2.45, 2.75) is 26.4 Å². The van der Waals surface area contributed by atoms with Gasteiger partial charge in [0, 0.05) is 24.5 Å². The zero-order chi connectivity index (χ0) is 9.42. The number of rotatable bonds is 2. The largest absolute Gasteiger partial charge is 0.361 e. The number of H-pyrrole nitrogens is 1. The minimum atomic E-state index is 0.745. The van der Waals surface area contributed by atoms with Gasteiger partial charge in [0.2, 0.25) is 0 Å². The maximum Gasteiger partial charge on any atom is 0.0389 e. The molecule has 0 bridgehead atoms. The molecule has 0 amide bonds. The van der Waals surface area contributed by atoms with Gasteiger partial charge >= 0.3 is 0 Å². The summed E-state index contributed by atoms with van der Waals surface area (Å²) in [6.45, 7) is 5.02. The Morgan fingerprint density at radius 2 is 2.23 bits per heavy atom. The molecule has 3 nitrogen and oxygen atoms in total. The molecule has 0 atom stereocenters. The first-order valence-electron chi connectivity index (χ1n) is 4.80. The number of nitrogens with one attached hydrogen (secondary N) is 1. The third-order valence-electron chi connectivity index (χ3n) is 2.77. The van der Waals surface area contributed by atoms with Crippen LogP contribution in [0.3, 0.4) is 0 Å². The van der Waals surface area contributed by atoms with Crippen molar-refractivity contribution in [3.05, 3.63) is 22.5 Å². The van der Waals surface area contributed by atoms with Crippen LogP contribution in [0.25, 0.3) is 0 Å². The number of nitrogens with zero attached hydrogens (tertiary/aromatic N) is 1. The molecule has 72 valence electrons. The highest BCUT2D eigenvalue weighted by atomic mass is 15.1. The molecule has 3 heteroatoms. The maximum atomic E-state index is 5.59. The fourth-order valence-electron chi connectivity index (χ4n) is 2.19. The Balaban J connectivity index is 2.34. The zero-order valence-electron chi connectivity index (χ0n) is 8.35. The van der Waals surface area contributed by atoms with Crippen LogP contribution in [0.5, 0.6) is 0 Å². The van der Waals surface area contributed by atoms with E-state index in [2.05, 4.69) is 23.9 Å². The number of aromatic amines is 1. The Morgan fingerprint density at radius 3 is 2.92 bits per heavy atom. The van der Waals surface area contributed by atoms with Crippen LogP contribution in [0, 0.1) is 6.92 Å². The maximum absolute atomic E-state index is 5.59. The van der Waals surface area contributed by atoms with Gasteiger partial charge in [-0.2, -0.15) is 0 Å². The van der Waals surface area contributed by atoms with E-state index in [4.69, 9.17) is 5.73 Å². The molecule has 0 unspecified atom stereocenters. The average molecular weight is 179 g/mol. The van der Waals surface area contributed by atoms with E-state index < -0.39 is 0 Å². The van der Waals surface area contributed by atoms with Crippen molar-refractivity contribution < 1.29 is 0 Å². The quantitative estimate of drug-likeness (QED) is 0.704. The molecule has 0 spiro atoms. The molecule has 0 saturated heterocycles. The molecular weight excluding hydrogens is 162 g/mol. The fraction of sp³-hybridized carbons (Fsp3) is 0.600. The Labute approximate surface area is 78.9 Å². The van der Waals surface area contributed by atoms with E-state index >= 15 is 0 Å². The first-order valence-corrected chi connectivity index (χ1v) is 4.80. The van der Waals surface area contributed by atoms with Crippen LogP contribution in [0.4, 0.5) is 0 Å². The second-order valence-corrected chi connectivity index (χ2v) is 3.90. The minimum absolute atomic E-state index is 0.745. The van der Waals surface area contributed by atoms with Crippen LogP contribution in [-0.2, 0) is 19.5 Å². The molecule has 13 heavy (non-hydrogen) atoms. The summed E-state index contributed by atoms with van der Waals surface area (Å²) >= 11 is 0. The molecule has 0 aromatic carbocycles. The van der Waals surface area contributed by atoms with Crippen molar-refractivity contribution in [1.29, 1.82) is 0 Å². The van der Waals surface area contributed by atoms with Gasteiger partial charge in [0.05, 0.1) is 0 Å². The van der Waals surface area contributed by atoms with E-state index in [0.717, 1.165) is 26.1 Å². The summed E-state index contributed by atoms with van der Waals surface area (Å²) in [5, 5.41) is 0. The number of aromatic nitrogens is 1. The summed E-state index contributed by atoms with van der Waals surface area (Å²) in [6, 6.07) is 0. The third kappa shape index (κ3) is 1.38.